The minimum Gasteiger partial charge on any atom is -0.481 e. The molecule has 1 aliphatic heterocycles. The molecule has 6 nitrogen and oxygen atoms in total. The van der Waals surface area contributed by atoms with Crippen molar-refractivity contribution in [2.24, 2.45) is 5.92 Å². The second-order valence-corrected chi connectivity index (χ2v) is 3.95. The Balaban J connectivity index is 1.80. The highest BCUT2D eigenvalue weighted by Gasteiger charge is 2.32. The molecule has 1 aromatic rings. The van der Waals surface area contributed by atoms with Crippen LogP contribution < -0.4 is 0 Å². The number of hydrogen-bond donors (Lipinski definition) is 1. The first kappa shape index (κ1) is 11.1. The van der Waals surface area contributed by atoms with Crippen molar-refractivity contribution >= 4 is 5.97 Å². The van der Waals surface area contributed by atoms with Gasteiger partial charge in [-0.1, -0.05) is 5.16 Å². The van der Waals surface area contributed by atoms with E-state index in [1.165, 1.54) is 0 Å². The number of hydrogen-bond acceptors (Lipinski definition) is 5. The first-order valence-electron chi connectivity index (χ1n) is 5.07. The van der Waals surface area contributed by atoms with Gasteiger partial charge in [0.2, 0.25) is 0 Å². The molecule has 2 rings (SSSR count). The molecule has 0 saturated carbocycles. The van der Waals surface area contributed by atoms with Crippen molar-refractivity contribution in [2.45, 2.75) is 13.2 Å². The first-order valence-corrected chi connectivity index (χ1v) is 5.07. The molecule has 1 fully saturated rings. The van der Waals surface area contributed by atoms with Gasteiger partial charge >= 0.3 is 5.97 Å². The fourth-order valence-corrected chi connectivity index (χ4v) is 1.72. The highest BCUT2D eigenvalue weighted by atomic mass is 16.5. The number of likely N-dealkylation sites (tertiary alicyclic amines) is 1. The lowest BCUT2D eigenvalue weighted by atomic mass is 10.0. The van der Waals surface area contributed by atoms with Gasteiger partial charge in [-0.3, -0.25) is 9.69 Å². The fraction of sp³-hybridized carbons (Fsp3) is 0.600. The van der Waals surface area contributed by atoms with E-state index in [0.29, 0.717) is 32.0 Å². The van der Waals surface area contributed by atoms with Crippen LogP contribution in [0.1, 0.15) is 11.5 Å². The lowest BCUT2D eigenvalue weighted by molar-refractivity contribution is -0.147. The zero-order chi connectivity index (χ0) is 11.5. The van der Waals surface area contributed by atoms with E-state index in [1.807, 2.05) is 11.0 Å². The van der Waals surface area contributed by atoms with Crippen LogP contribution in [0.15, 0.2) is 10.6 Å². The molecule has 1 N–H and O–H groups in total. The molecule has 0 aliphatic carbocycles. The van der Waals surface area contributed by atoms with E-state index in [-0.39, 0.29) is 5.92 Å². The Morgan fingerprint density at radius 3 is 3.12 bits per heavy atom. The zero-order valence-corrected chi connectivity index (χ0v) is 9.05. The van der Waals surface area contributed by atoms with Crippen molar-refractivity contribution in [2.75, 3.05) is 20.2 Å². The molecule has 88 valence electrons. The molecule has 6 heteroatoms. The predicted octanol–water partition coefficient (Wildman–Crippen LogP) is 0.337. The molecule has 0 unspecified atom stereocenters. The monoisotopic (exact) mass is 226 g/mol. The van der Waals surface area contributed by atoms with Crippen molar-refractivity contribution in [3.05, 3.63) is 17.5 Å². The van der Waals surface area contributed by atoms with Gasteiger partial charge in [0.15, 0.2) is 5.76 Å². The van der Waals surface area contributed by atoms with Crippen LogP contribution >= 0.6 is 0 Å². The molecule has 16 heavy (non-hydrogen) atoms. The van der Waals surface area contributed by atoms with Crippen molar-refractivity contribution in [1.29, 1.82) is 0 Å². The Morgan fingerprint density at radius 1 is 1.75 bits per heavy atom. The van der Waals surface area contributed by atoms with Crippen LogP contribution in [-0.4, -0.2) is 41.3 Å². The van der Waals surface area contributed by atoms with Gasteiger partial charge in [0, 0.05) is 32.8 Å². The fourth-order valence-electron chi connectivity index (χ4n) is 1.72. The van der Waals surface area contributed by atoms with Gasteiger partial charge in [-0.2, -0.15) is 0 Å². The zero-order valence-electron chi connectivity index (χ0n) is 9.05. The average Bonchev–Trinajstić information content (AvgIpc) is 2.58. The molecular formula is C10H14N2O4. The van der Waals surface area contributed by atoms with Crippen molar-refractivity contribution < 1.29 is 19.2 Å². The minimum atomic E-state index is -0.725. The topological polar surface area (TPSA) is 75.8 Å². The van der Waals surface area contributed by atoms with Crippen LogP contribution in [0, 0.1) is 5.92 Å². The van der Waals surface area contributed by atoms with E-state index in [0.717, 1.165) is 5.69 Å². The van der Waals surface area contributed by atoms with E-state index >= 15 is 0 Å². The summed E-state index contributed by atoms with van der Waals surface area (Å²) >= 11 is 0. The molecular weight excluding hydrogens is 212 g/mol. The van der Waals surface area contributed by atoms with Gasteiger partial charge in [-0.15, -0.1) is 0 Å². The molecule has 2 heterocycles. The van der Waals surface area contributed by atoms with Gasteiger partial charge in [-0.25, -0.2) is 0 Å². The number of aromatic nitrogens is 1. The van der Waals surface area contributed by atoms with Crippen LogP contribution in [0.3, 0.4) is 0 Å². The summed E-state index contributed by atoms with van der Waals surface area (Å²) in [5.74, 6) is -0.269. The standard InChI is InChI=1S/C10H14N2O4/c1-15-6-9-2-8(11-16-9)5-12-3-7(4-12)10(13)14/h2,7H,3-6H2,1H3,(H,13,14). The lowest BCUT2D eigenvalue weighted by Gasteiger charge is -2.35. The molecule has 1 saturated heterocycles. The molecule has 0 spiro atoms. The third kappa shape index (κ3) is 2.40. The van der Waals surface area contributed by atoms with E-state index in [2.05, 4.69) is 5.16 Å². The normalized spacial score (nSPS) is 17.3. The Hall–Kier alpha value is -1.40. The van der Waals surface area contributed by atoms with E-state index in [4.69, 9.17) is 14.4 Å². The van der Waals surface area contributed by atoms with Crippen molar-refractivity contribution in [3.8, 4) is 0 Å². The Morgan fingerprint density at radius 2 is 2.50 bits per heavy atom. The SMILES string of the molecule is COCc1cc(CN2CC(C(=O)O)C2)no1. The van der Waals surface area contributed by atoms with Gasteiger partial charge in [0.1, 0.15) is 6.61 Å². The summed E-state index contributed by atoms with van der Waals surface area (Å²) in [6, 6.07) is 1.83. The quantitative estimate of drug-likeness (QED) is 0.780. The number of methoxy groups -OCH3 is 1. The largest absolute Gasteiger partial charge is 0.481 e. The van der Waals surface area contributed by atoms with E-state index in [1.54, 1.807) is 7.11 Å². The summed E-state index contributed by atoms with van der Waals surface area (Å²) in [5, 5.41) is 12.6. The molecule has 0 bridgehead atoms. The third-order valence-corrected chi connectivity index (χ3v) is 2.59. The molecule has 1 aromatic heterocycles. The van der Waals surface area contributed by atoms with Crippen molar-refractivity contribution in [3.63, 3.8) is 0 Å². The highest BCUT2D eigenvalue weighted by molar-refractivity contribution is 5.71. The number of carbonyl (C=O) groups is 1. The summed E-state index contributed by atoms with van der Waals surface area (Å²) < 4.78 is 9.94. The van der Waals surface area contributed by atoms with Crippen molar-refractivity contribution in [1.82, 2.24) is 10.1 Å². The second kappa shape index (κ2) is 4.63. The number of ether oxygens (including phenoxy) is 1. The maximum atomic E-state index is 10.6. The second-order valence-electron chi connectivity index (χ2n) is 3.95. The average molecular weight is 226 g/mol. The number of carboxylic acids is 1. The van der Waals surface area contributed by atoms with Gasteiger partial charge in [-0.05, 0) is 0 Å². The molecule has 1 aliphatic rings. The first-order chi connectivity index (χ1) is 7.69. The molecule has 0 aromatic carbocycles. The molecule has 0 amide bonds. The van der Waals surface area contributed by atoms with Crippen LogP contribution in [0.2, 0.25) is 0 Å². The Kier molecular flexibility index (Phi) is 3.21. The Bertz CT molecular complexity index is 371. The summed E-state index contributed by atoms with van der Waals surface area (Å²) in [5.41, 5.74) is 0.816. The van der Waals surface area contributed by atoms with Crippen LogP contribution in [-0.2, 0) is 22.7 Å². The molecule has 0 atom stereocenters. The van der Waals surface area contributed by atoms with Crippen LogP contribution in [0.4, 0.5) is 0 Å². The Labute approximate surface area is 92.8 Å². The van der Waals surface area contributed by atoms with Gasteiger partial charge in [0.25, 0.3) is 0 Å². The maximum Gasteiger partial charge on any atom is 0.309 e. The van der Waals surface area contributed by atoms with Gasteiger partial charge < -0.3 is 14.4 Å². The van der Waals surface area contributed by atoms with Gasteiger partial charge in [0.05, 0.1) is 11.6 Å². The van der Waals surface area contributed by atoms with Crippen LogP contribution in [0.25, 0.3) is 0 Å². The van der Waals surface area contributed by atoms with Crippen LogP contribution in [0.5, 0.6) is 0 Å². The minimum absolute atomic E-state index is 0.231. The number of rotatable bonds is 5. The predicted molar refractivity (Wildman–Crippen MR) is 53.6 cm³/mol. The third-order valence-electron chi connectivity index (χ3n) is 2.59. The van der Waals surface area contributed by atoms with E-state index in [9.17, 15) is 4.79 Å². The summed E-state index contributed by atoms with van der Waals surface area (Å²) in [7, 11) is 1.59. The summed E-state index contributed by atoms with van der Waals surface area (Å²) in [4.78, 5) is 12.6. The number of nitrogens with zero attached hydrogens (tertiary/aromatic N) is 2. The van der Waals surface area contributed by atoms with E-state index < -0.39 is 5.97 Å². The number of aliphatic carboxylic acids is 1. The lowest BCUT2D eigenvalue weighted by Crippen LogP contribution is -2.49. The highest BCUT2D eigenvalue weighted by Crippen LogP contribution is 2.18. The smallest absolute Gasteiger partial charge is 0.309 e. The number of carboxylic acid groups (broad SMARTS) is 1. The maximum absolute atomic E-state index is 10.6. The summed E-state index contributed by atoms with van der Waals surface area (Å²) in [6.45, 7) is 2.21. The summed E-state index contributed by atoms with van der Waals surface area (Å²) in [6.07, 6.45) is 0. The molecule has 0 radical (unpaired) electrons.